The second-order valence-electron chi connectivity index (χ2n) is 7.24. The van der Waals surface area contributed by atoms with Crippen LogP contribution >= 0.6 is 11.6 Å². The van der Waals surface area contributed by atoms with Crippen LogP contribution in [-0.2, 0) is 9.59 Å². The number of hydrogen-bond donors (Lipinski definition) is 2. The van der Waals surface area contributed by atoms with Gasteiger partial charge in [-0.3, -0.25) is 19.4 Å². The van der Waals surface area contributed by atoms with Crippen LogP contribution in [0.2, 0.25) is 5.02 Å². The van der Waals surface area contributed by atoms with Crippen molar-refractivity contribution in [2.45, 2.75) is 25.8 Å². The average molecular weight is 395 g/mol. The van der Waals surface area contributed by atoms with Crippen LogP contribution in [0.1, 0.15) is 18.4 Å². The molecule has 1 aromatic carbocycles. The van der Waals surface area contributed by atoms with Crippen molar-refractivity contribution in [1.29, 1.82) is 0 Å². The molecule has 27 heavy (non-hydrogen) atoms. The van der Waals surface area contributed by atoms with E-state index in [0.717, 1.165) is 44.6 Å². The number of carbonyl (C=O) groups excluding carboxylic acids is 2. The molecule has 2 aliphatic rings. The summed E-state index contributed by atoms with van der Waals surface area (Å²) in [5.74, 6) is 0.564. The highest BCUT2D eigenvalue weighted by atomic mass is 35.5. The maximum absolute atomic E-state index is 12.4. The van der Waals surface area contributed by atoms with Gasteiger partial charge in [-0.15, -0.1) is 0 Å². The largest absolute Gasteiger partial charge is 0.495 e. The van der Waals surface area contributed by atoms with Gasteiger partial charge in [0.15, 0.2) is 0 Å². The third kappa shape index (κ3) is 5.82. The molecule has 0 radical (unpaired) electrons. The summed E-state index contributed by atoms with van der Waals surface area (Å²) in [6.07, 6.45) is 2.21. The predicted molar refractivity (Wildman–Crippen MR) is 105 cm³/mol. The number of piperazine rings is 1. The molecule has 0 spiro atoms. The van der Waals surface area contributed by atoms with Gasteiger partial charge >= 0.3 is 0 Å². The van der Waals surface area contributed by atoms with Crippen molar-refractivity contribution in [3.63, 3.8) is 0 Å². The van der Waals surface area contributed by atoms with Gasteiger partial charge in [-0.1, -0.05) is 11.6 Å². The van der Waals surface area contributed by atoms with E-state index in [0.29, 0.717) is 35.6 Å². The fourth-order valence-electron chi connectivity index (χ4n) is 3.13. The van der Waals surface area contributed by atoms with E-state index >= 15 is 0 Å². The molecule has 3 rings (SSSR count). The van der Waals surface area contributed by atoms with Crippen molar-refractivity contribution in [2.75, 3.05) is 51.7 Å². The molecular weight excluding hydrogens is 368 g/mol. The van der Waals surface area contributed by atoms with E-state index in [1.165, 1.54) is 0 Å². The molecule has 1 aliphatic heterocycles. The summed E-state index contributed by atoms with van der Waals surface area (Å²) in [6.45, 7) is 5.74. The minimum absolute atomic E-state index is 0.0880. The highest BCUT2D eigenvalue weighted by Crippen LogP contribution is 2.30. The zero-order valence-electron chi connectivity index (χ0n) is 15.9. The van der Waals surface area contributed by atoms with Gasteiger partial charge in [0, 0.05) is 43.3 Å². The van der Waals surface area contributed by atoms with Gasteiger partial charge < -0.3 is 15.4 Å². The Morgan fingerprint density at radius 2 is 1.70 bits per heavy atom. The summed E-state index contributed by atoms with van der Waals surface area (Å²) >= 11 is 6.10. The van der Waals surface area contributed by atoms with Gasteiger partial charge in [-0.05, 0) is 31.4 Å². The molecule has 1 heterocycles. The number of ether oxygens (including phenoxy) is 1. The molecule has 1 saturated heterocycles. The van der Waals surface area contributed by atoms with Crippen LogP contribution in [0, 0.1) is 6.92 Å². The van der Waals surface area contributed by atoms with Crippen LogP contribution in [0.3, 0.4) is 0 Å². The third-order valence-corrected chi connectivity index (χ3v) is 5.30. The molecule has 2 fully saturated rings. The number of amides is 2. The van der Waals surface area contributed by atoms with Crippen LogP contribution in [0.4, 0.5) is 5.69 Å². The first-order valence-electron chi connectivity index (χ1n) is 9.32. The fraction of sp³-hybridized carbons (Fsp3) is 0.579. The Labute approximate surface area is 165 Å². The number of benzene rings is 1. The molecular formula is C19H27ClN4O3. The first kappa shape index (κ1) is 19.9. The molecule has 1 saturated carbocycles. The molecule has 1 aromatic rings. The normalized spacial score (nSPS) is 18.2. The number of methoxy groups -OCH3 is 1. The number of hydrogen-bond acceptors (Lipinski definition) is 5. The lowest BCUT2D eigenvalue weighted by Crippen LogP contribution is -2.51. The zero-order chi connectivity index (χ0) is 19.4. The standard InChI is InChI=1S/C19H27ClN4O3/c1-13-9-16(17(27-2)10-15(13)20)22-19(26)12-24-7-5-23(6-8-24)11-18(25)21-14-3-4-14/h9-10,14H,3-8,11-12H2,1-2H3,(H,21,25)(H,22,26). The number of carbonyl (C=O) groups is 2. The SMILES string of the molecule is COc1cc(Cl)c(C)cc1NC(=O)CN1CCN(CC(=O)NC2CC2)CC1. The van der Waals surface area contributed by atoms with Crippen molar-refractivity contribution in [2.24, 2.45) is 0 Å². The van der Waals surface area contributed by atoms with Crippen LogP contribution in [-0.4, -0.2) is 74.0 Å². The lowest BCUT2D eigenvalue weighted by Gasteiger charge is -2.33. The highest BCUT2D eigenvalue weighted by Gasteiger charge is 2.25. The van der Waals surface area contributed by atoms with Crippen LogP contribution in [0.15, 0.2) is 12.1 Å². The quantitative estimate of drug-likeness (QED) is 0.733. The van der Waals surface area contributed by atoms with Crippen molar-refractivity contribution in [3.8, 4) is 5.75 Å². The average Bonchev–Trinajstić information content (AvgIpc) is 3.43. The van der Waals surface area contributed by atoms with Gasteiger partial charge in [-0.2, -0.15) is 0 Å². The molecule has 0 unspecified atom stereocenters. The summed E-state index contributed by atoms with van der Waals surface area (Å²) in [7, 11) is 1.55. The molecule has 8 heteroatoms. The summed E-state index contributed by atoms with van der Waals surface area (Å²) in [5, 5.41) is 6.52. The maximum Gasteiger partial charge on any atom is 0.238 e. The molecule has 7 nitrogen and oxygen atoms in total. The van der Waals surface area contributed by atoms with Crippen molar-refractivity contribution < 1.29 is 14.3 Å². The van der Waals surface area contributed by atoms with Gasteiger partial charge in [-0.25, -0.2) is 0 Å². The molecule has 1 aliphatic carbocycles. The Morgan fingerprint density at radius 3 is 2.26 bits per heavy atom. The predicted octanol–water partition coefficient (Wildman–Crippen LogP) is 1.49. The second-order valence-corrected chi connectivity index (χ2v) is 7.65. The molecule has 2 amide bonds. The Hall–Kier alpha value is -1.83. The van der Waals surface area contributed by atoms with E-state index in [1.807, 2.05) is 13.0 Å². The summed E-state index contributed by atoms with van der Waals surface area (Å²) < 4.78 is 5.30. The Balaban J connectivity index is 1.44. The van der Waals surface area contributed by atoms with Crippen LogP contribution < -0.4 is 15.4 Å². The Bertz CT molecular complexity index is 700. The van der Waals surface area contributed by atoms with Gasteiger partial charge in [0.2, 0.25) is 11.8 Å². The molecule has 0 atom stereocenters. The second kappa shape index (κ2) is 8.91. The highest BCUT2D eigenvalue weighted by molar-refractivity contribution is 6.31. The minimum Gasteiger partial charge on any atom is -0.495 e. The van der Waals surface area contributed by atoms with E-state index in [9.17, 15) is 9.59 Å². The van der Waals surface area contributed by atoms with Crippen molar-refractivity contribution in [3.05, 3.63) is 22.7 Å². The van der Waals surface area contributed by atoms with E-state index in [4.69, 9.17) is 16.3 Å². The molecule has 0 aromatic heterocycles. The van der Waals surface area contributed by atoms with Gasteiger partial charge in [0.05, 0.1) is 25.9 Å². The van der Waals surface area contributed by atoms with E-state index < -0.39 is 0 Å². The van der Waals surface area contributed by atoms with E-state index in [2.05, 4.69) is 20.4 Å². The number of halogens is 1. The minimum atomic E-state index is -0.0880. The maximum atomic E-state index is 12.4. The lowest BCUT2D eigenvalue weighted by molar-refractivity contribution is -0.123. The topological polar surface area (TPSA) is 73.9 Å². The number of anilines is 1. The number of aryl methyl sites for hydroxylation is 1. The summed E-state index contributed by atoms with van der Waals surface area (Å²) in [6, 6.07) is 3.92. The van der Waals surface area contributed by atoms with E-state index in [-0.39, 0.29) is 11.8 Å². The number of nitrogens with zero attached hydrogens (tertiary/aromatic N) is 2. The third-order valence-electron chi connectivity index (χ3n) is 4.90. The van der Waals surface area contributed by atoms with Gasteiger partial charge in [0.25, 0.3) is 0 Å². The first-order valence-corrected chi connectivity index (χ1v) is 9.70. The van der Waals surface area contributed by atoms with Gasteiger partial charge in [0.1, 0.15) is 5.75 Å². The Morgan fingerprint density at radius 1 is 1.11 bits per heavy atom. The van der Waals surface area contributed by atoms with Crippen LogP contribution in [0.5, 0.6) is 5.75 Å². The molecule has 2 N–H and O–H groups in total. The number of rotatable bonds is 7. The van der Waals surface area contributed by atoms with Crippen LogP contribution in [0.25, 0.3) is 0 Å². The lowest BCUT2D eigenvalue weighted by atomic mass is 10.2. The van der Waals surface area contributed by atoms with E-state index in [1.54, 1.807) is 13.2 Å². The summed E-state index contributed by atoms with van der Waals surface area (Å²) in [4.78, 5) is 28.5. The molecule has 0 bridgehead atoms. The number of nitrogens with one attached hydrogen (secondary N) is 2. The van der Waals surface area contributed by atoms with Crippen molar-refractivity contribution >= 4 is 29.1 Å². The Kier molecular flexibility index (Phi) is 6.57. The first-order chi connectivity index (χ1) is 12.9. The monoisotopic (exact) mass is 394 g/mol. The zero-order valence-corrected chi connectivity index (χ0v) is 16.6. The van der Waals surface area contributed by atoms with Crippen molar-refractivity contribution in [1.82, 2.24) is 15.1 Å². The molecule has 148 valence electrons. The smallest absolute Gasteiger partial charge is 0.238 e. The fourth-order valence-corrected chi connectivity index (χ4v) is 3.29. The summed E-state index contributed by atoms with van der Waals surface area (Å²) in [5.41, 5.74) is 1.51.